The average molecular weight is 370 g/mol. The number of H-pyrrole nitrogens is 1. The van der Waals surface area contributed by atoms with Crippen LogP contribution in [0.3, 0.4) is 0 Å². The van der Waals surface area contributed by atoms with Gasteiger partial charge in [0, 0.05) is 21.8 Å². The fourth-order valence-electron chi connectivity index (χ4n) is 2.78. The number of aryl methyl sites for hydroxylation is 5. The Kier molecular flexibility index (Phi) is 4.82. The Morgan fingerprint density at radius 2 is 1.96 bits per heavy atom. The quantitative estimate of drug-likeness (QED) is 0.739. The van der Waals surface area contributed by atoms with Crippen molar-refractivity contribution in [2.75, 3.05) is 5.32 Å². The molecule has 0 spiro atoms. The molecule has 0 aliphatic heterocycles. The van der Waals surface area contributed by atoms with E-state index in [1.807, 2.05) is 45.9 Å². The van der Waals surface area contributed by atoms with Crippen LogP contribution in [0.25, 0.3) is 5.13 Å². The lowest BCUT2D eigenvalue weighted by Crippen LogP contribution is -2.22. The lowest BCUT2D eigenvalue weighted by Gasteiger charge is -2.08. The maximum atomic E-state index is 12.7. The van der Waals surface area contributed by atoms with Crippen molar-refractivity contribution in [3.8, 4) is 5.13 Å². The highest BCUT2D eigenvalue weighted by Gasteiger charge is 2.18. The number of hydrogen-bond donors (Lipinski definition) is 2. The number of carbonyl (C=O) groups is 1. The molecule has 1 amide bonds. The van der Waals surface area contributed by atoms with Gasteiger partial charge in [0.1, 0.15) is 0 Å². The zero-order valence-electron chi connectivity index (χ0n) is 15.6. The molecule has 2 aromatic heterocycles. The third kappa shape index (κ3) is 3.48. The molecule has 0 bridgehead atoms. The van der Waals surface area contributed by atoms with Crippen LogP contribution in [0.4, 0.5) is 5.69 Å². The van der Waals surface area contributed by atoms with E-state index in [1.165, 1.54) is 16.0 Å². The Hall–Kier alpha value is -2.67. The zero-order valence-corrected chi connectivity index (χ0v) is 16.4. The first-order valence-electron chi connectivity index (χ1n) is 8.38. The largest absolute Gasteiger partial charge is 0.326 e. The summed E-state index contributed by atoms with van der Waals surface area (Å²) in [7, 11) is 0. The van der Waals surface area contributed by atoms with E-state index in [1.54, 1.807) is 6.92 Å². The van der Waals surface area contributed by atoms with E-state index in [0.29, 0.717) is 16.4 Å². The van der Waals surface area contributed by atoms with Gasteiger partial charge < -0.3 is 5.32 Å². The lowest BCUT2D eigenvalue weighted by molar-refractivity contribution is -0.115. The Balaban J connectivity index is 1.84. The van der Waals surface area contributed by atoms with E-state index in [4.69, 9.17) is 0 Å². The van der Waals surface area contributed by atoms with E-state index < -0.39 is 0 Å². The van der Waals surface area contributed by atoms with Crippen molar-refractivity contribution in [3.63, 3.8) is 0 Å². The molecule has 3 rings (SSSR count). The van der Waals surface area contributed by atoms with Crippen molar-refractivity contribution in [1.82, 2.24) is 14.8 Å². The van der Waals surface area contributed by atoms with Gasteiger partial charge in [0.2, 0.25) is 11.0 Å². The summed E-state index contributed by atoms with van der Waals surface area (Å²) in [5.41, 5.74) is 4.70. The Bertz CT molecular complexity index is 1020. The molecule has 136 valence electrons. The van der Waals surface area contributed by atoms with Crippen molar-refractivity contribution < 1.29 is 4.79 Å². The molecule has 0 atom stereocenters. The maximum Gasteiger partial charge on any atom is 0.277 e. The van der Waals surface area contributed by atoms with Crippen LogP contribution in [0.1, 0.15) is 33.0 Å². The van der Waals surface area contributed by atoms with E-state index in [9.17, 15) is 9.59 Å². The van der Waals surface area contributed by atoms with Gasteiger partial charge in [-0.1, -0.05) is 29.0 Å². The summed E-state index contributed by atoms with van der Waals surface area (Å²) in [6.45, 7) is 9.63. The van der Waals surface area contributed by atoms with Crippen LogP contribution >= 0.6 is 11.3 Å². The van der Waals surface area contributed by atoms with Crippen LogP contribution in [0, 0.1) is 34.6 Å². The summed E-state index contributed by atoms with van der Waals surface area (Å²) in [6, 6.07) is 5.84. The smallest absolute Gasteiger partial charge is 0.277 e. The highest BCUT2D eigenvalue weighted by Crippen LogP contribution is 2.20. The molecule has 3 aromatic rings. The Morgan fingerprint density at radius 1 is 1.23 bits per heavy atom. The third-order valence-electron chi connectivity index (χ3n) is 4.40. The first-order valence-corrected chi connectivity index (χ1v) is 9.20. The monoisotopic (exact) mass is 370 g/mol. The summed E-state index contributed by atoms with van der Waals surface area (Å²) < 4.78 is 1.42. The zero-order chi connectivity index (χ0) is 19.0. The van der Waals surface area contributed by atoms with Crippen LogP contribution in [0.5, 0.6) is 0 Å². The Morgan fingerprint density at radius 3 is 2.58 bits per heavy atom. The van der Waals surface area contributed by atoms with Gasteiger partial charge in [0.05, 0.1) is 12.1 Å². The average Bonchev–Trinajstić information content (AvgIpc) is 3.04. The highest BCUT2D eigenvalue weighted by atomic mass is 32.1. The number of benzene rings is 1. The fourth-order valence-corrected chi connectivity index (χ4v) is 3.65. The number of aromatic amines is 1. The van der Waals surface area contributed by atoms with Crippen LogP contribution < -0.4 is 10.9 Å². The molecule has 0 radical (unpaired) electrons. The third-order valence-corrected chi connectivity index (χ3v) is 5.45. The standard InChI is InChI=1S/C19H22N4O2S/c1-10-6-7-16(11(2)8-10)21-17(24)9-15-13(4)22-23(18(15)25)19-20-12(3)14(5)26-19/h6-8,22H,9H2,1-5H3,(H,21,24). The minimum absolute atomic E-state index is 0.0187. The number of rotatable bonds is 4. The molecule has 0 aliphatic carbocycles. The number of hydrogen-bond acceptors (Lipinski definition) is 4. The number of nitrogens with zero attached hydrogens (tertiary/aromatic N) is 2. The highest BCUT2D eigenvalue weighted by molar-refractivity contribution is 7.14. The van der Waals surface area contributed by atoms with Crippen molar-refractivity contribution in [1.29, 1.82) is 0 Å². The molecular formula is C19H22N4O2S. The van der Waals surface area contributed by atoms with E-state index >= 15 is 0 Å². The summed E-state index contributed by atoms with van der Waals surface area (Å²) in [6.07, 6.45) is 0.0187. The fraction of sp³-hybridized carbons (Fsp3) is 0.316. The summed E-state index contributed by atoms with van der Waals surface area (Å²) in [5.74, 6) is -0.213. The van der Waals surface area contributed by atoms with Crippen LogP contribution in [0.15, 0.2) is 23.0 Å². The number of thiazole rings is 1. The van der Waals surface area contributed by atoms with E-state index in [2.05, 4.69) is 15.4 Å². The van der Waals surface area contributed by atoms with E-state index in [0.717, 1.165) is 27.4 Å². The van der Waals surface area contributed by atoms with Gasteiger partial charge in [-0.25, -0.2) is 4.98 Å². The maximum absolute atomic E-state index is 12.7. The van der Waals surface area contributed by atoms with Gasteiger partial charge >= 0.3 is 0 Å². The first-order chi connectivity index (χ1) is 12.3. The van der Waals surface area contributed by atoms with Crippen molar-refractivity contribution in [2.45, 2.75) is 41.0 Å². The van der Waals surface area contributed by atoms with Crippen LogP contribution in [-0.2, 0) is 11.2 Å². The molecule has 7 heteroatoms. The van der Waals surface area contributed by atoms with Gasteiger partial charge in [-0.15, -0.1) is 0 Å². The topological polar surface area (TPSA) is 79.8 Å². The number of aromatic nitrogens is 3. The lowest BCUT2D eigenvalue weighted by atomic mass is 10.1. The molecule has 1 aromatic carbocycles. The van der Waals surface area contributed by atoms with Crippen molar-refractivity contribution in [3.05, 3.63) is 61.5 Å². The molecule has 2 heterocycles. The normalized spacial score (nSPS) is 11.0. The minimum Gasteiger partial charge on any atom is -0.326 e. The molecule has 2 N–H and O–H groups in total. The van der Waals surface area contributed by atoms with Gasteiger partial charge in [0.15, 0.2) is 0 Å². The van der Waals surface area contributed by atoms with Crippen molar-refractivity contribution >= 4 is 22.9 Å². The summed E-state index contributed by atoms with van der Waals surface area (Å²) in [5, 5.41) is 6.51. The molecule has 0 aliphatic rings. The van der Waals surface area contributed by atoms with Gasteiger partial charge in [-0.2, -0.15) is 4.68 Å². The van der Waals surface area contributed by atoms with Crippen LogP contribution in [0.2, 0.25) is 0 Å². The summed E-state index contributed by atoms with van der Waals surface area (Å²) >= 11 is 1.45. The second kappa shape index (κ2) is 6.92. The van der Waals surface area contributed by atoms with Crippen molar-refractivity contribution in [2.24, 2.45) is 0 Å². The van der Waals surface area contributed by atoms with Gasteiger partial charge in [0.25, 0.3) is 5.56 Å². The number of carbonyl (C=O) groups excluding carboxylic acids is 1. The Labute approximate surface area is 155 Å². The first kappa shape index (κ1) is 18.1. The second-order valence-corrected chi connectivity index (χ2v) is 7.72. The molecule has 0 fully saturated rings. The molecule has 0 saturated carbocycles. The number of nitrogens with one attached hydrogen (secondary N) is 2. The molecule has 0 unspecified atom stereocenters. The second-order valence-electron chi connectivity index (χ2n) is 6.54. The van der Waals surface area contributed by atoms with E-state index in [-0.39, 0.29) is 17.9 Å². The molecule has 0 saturated heterocycles. The predicted octanol–water partition coefficient (Wildman–Crippen LogP) is 3.35. The van der Waals surface area contributed by atoms with Crippen LogP contribution in [-0.4, -0.2) is 20.7 Å². The molecular weight excluding hydrogens is 348 g/mol. The molecule has 26 heavy (non-hydrogen) atoms. The molecule has 6 nitrogen and oxygen atoms in total. The van der Waals surface area contributed by atoms with Gasteiger partial charge in [-0.05, 0) is 46.2 Å². The predicted molar refractivity (Wildman–Crippen MR) is 105 cm³/mol. The SMILES string of the molecule is Cc1ccc(NC(=O)Cc2c(C)[nH]n(-c3nc(C)c(C)s3)c2=O)c(C)c1. The number of anilines is 1. The minimum atomic E-state index is -0.230. The summed E-state index contributed by atoms with van der Waals surface area (Å²) in [4.78, 5) is 30.6. The van der Waals surface area contributed by atoms with Gasteiger partial charge in [-0.3, -0.25) is 14.7 Å². The number of amides is 1.